The predicted molar refractivity (Wildman–Crippen MR) is 123 cm³/mol. The molecule has 5 heteroatoms. The van der Waals surface area contributed by atoms with Crippen molar-refractivity contribution in [1.82, 2.24) is 9.80 Å². The molecule has 0 unspecified atom stereocenters. The summed E-state index contributed by atoms with van der Waals surface area (Å²) in [7, 11) is 0. The van der Waals surface area contributed by atoms with Crippen molar-refractivity contribution >= 4 is 11.8 Å². The average molecular weight is 420 g/mol. The number of halogens is 2. The standard InChI is InChI=1S/C26H27F2N3/c27-23-9-5-21(6-10-23)26(22-7-11-24(28)12-8-22)31-18-16-30(17-19-31)15-1-2-20-3-13-25(29)14-4-20/h1-14,26H,15-19,29H2/b2-1+. The van der Waals surface area contributed by atoms with Gasteiger partial charge < -0.3 is 5.73 Å². The zero-order valence-corrected chi connectivity index (χ0v) is 17.4. The summed E-state index contributed by atoms with van der Waals surface area (Å²) in [6, 6.07) is 21.1. The van der Waals surface area contributed by atoms with Gasteiger partial charge in [-0.3, -0.25) is 9.80 Å². The molecule has 0 radical (unpaired) electrons. The second-order valence-corrected chi connectivity index (χ2v) is 7.91. The van der Waals surface area contributed by atoms with Gasteiger partial charge in [0.15, 0.2) is 0 Å². The van der Waals surface area contributed by atoms with E-state index in [9.17, 15) is 8.78 Å². The molecule has 0 saturated carbocycles. The first-order chi connectivity index (χ1) is 15.1. The monoisotopic (exact) mass is 419 g/mol. The van der Waals surface area contributed by atoms with E-state index >= 15 is 0 Å². The van der Waals surface area contributed by atoms with E-state index < -0.39 is 0 Å². The number of anilines is 1. The second kappa shape index (κ2) is 9.86. The molecule has 3 aromatic carbocycles. The van der Waals surface area contributed by atoms with Crippen molar-refractivity contribution in [3.8, 4) is 0 Å². The minimum atomic E-state index is -0.251. The van der Waals surface area contributed by atoms with Gasteiger partial charge in [0, 0.05) is 38.4 Å². The molecule has 0 amide bonds. The quantitative estimate of drug-likeness (QED) is 0.573. The Labute approximate surface area is 182 Å². The van der Waals surface area contributed by atoms with E-state index in [-0.39, 0.29) is 17.7 Å². The Kier molecular flexibility index (Phi) is 6.75. The molecule has 2 N–H and O–H groups in total. The van der Waals surface area contributed by atoms with Crippen LogP contribution in [0, 0.1) is 11.6 Å². The van der Waals surface area contributed by atoms with Crippen molar-refractivity contribution in [2.75, 3.05) is 38.5 Å². The molecule has 1 heterocycles. The van der Waals surface area contributed by atoms with Crippen molar-refractivity contribution in [3.05, 3.63) is 107 Å². The van der Waals surface area contributed by atoms with Crippen LogP contribution in [0.15, 0.2) is 78.9 Å². The minimum Gasteiger partial charge on any atom is -0.399 e. The van der Waals surface area contributed by atoms with Crippen molar-refractivity contribution in [1.29, 1.82) is 0 Å². The molecular formula is C26H27F2N3. The van der Waals surface area contributed by atoms with Crippen LogP contribution >= 0.6 is 0 Å². The number of piperazine rings is 1. The Morgan fingerprint density at radius 3 is 1.77 bits per heavy atom. The fourth-order valence-corrected chi connectivity index (χ4v) is 4.05. The van der Waals surface area contributed by atoms with Gasteiger partial charge in [-0.1, -0.05) is 48.6 Å². The van der Waals surface area contributed by atoms with Gasteiger partial charge in [0.05, 0.1) is 6.04 Å². The van der Waals surface area contributed by atoms with E-state index in [0.29, 0.717) is 0 Å². The van der Waals surface area contributed by atoms with Crippen molar-refractivity contribution in [2.45, 2.75) is 6.04 Å². The van der Waals surface area contributed by atoms with Gasteiger partial charge in [-0.2, -0.15) is 0 Å². The number of rotatable bonds is 6. The van der Waals surface area contributed by atoms with E-state index in [4.69, 9.17) is 5.73 Å². The van der Waals surface area contributed by atoms with E-state index in [0.717, 1.165) is 55.1 Å². The maximum absolute atomic E-state index is 13.5. The van der Waals surface area contributed by atoms with Crippen LogP contribution in [-0.2, 0) is 0 Å². The van der Waals surface area contributed by atoms with Gasteiger partial charge in [-0.05, 0) is 53.1 Å². The molecule has 0 bridgehead atoms. The summed E-state index contributed by atoms with van der Waals surface area (Å²) in [4.78, 5) is 4.80. The number of benzene rings is 3. The van der Waals surface area contributed by atoms with Gasteiger partial charge in [0.25, 0.3) is 0 Å². The lowest BCUT2D eigenvalue weighted by molar-refractivity contribution is 0.118. The molecule has 1 fully saturated rings. The lowest BCUT2D eigenvalue weighted by Gasteiger charge is -2.39. The molecule has 160 valence electrons. The van der Waals surface area contributed by atoms with Crippen molar-refractivity contribution in [3.63, 3.8) is 0 Å². The minimum absolute atomic E-state index is 0.0198. The lowest BCUT2D eigenvalue weighted by atomic mass is 9.96. The highest BCUT2D eigenvalue weighted by Gasteiger charge is 2.26. The molecule has 0 spiro atoms. The number of hydrogen-bond donors (Lipinski definition) is 1. The number of nitrogens with zero attached hydrogens (tertiary/aromatic N) is 2. The average Bonchev–Trinajstić information content (AvgIpc) is 2.79. The highest BCUT2D eigenvalue weighted by Crippen LogP contribution is 2.30. The molecular weight excluding hydrogens is 392 g/mol. The lowest BCUT2D eigenvalue weighted by Crippen LogP contribution is -2.47. The molecule has 0 aromatic heterocycles. The summed E-state index contributed by atoms with van der Waals surface area (Å²) in [5.41, 5.74) is 9.68. The number of hydrogen-bond acceptors (Lipinski definition) is 3. The largest absolute Gasteiger partial charge is 0.399 e. The summed E-state index contributed by atoms with van der Waals surface area (Å²) in [5.74, 6) is -0.501. The number of nitrogen functional groups attached to an aromatic ring is 1. The topological polar surface area (TPSA) is 32.5 Å². The van der Waals surface area contributed by atoms with Crippen LogP contribution in [0.25, 0.3) is 6.08 Å². The molecule has 0 atom stereocenters. The third-order valence-corrected chi connectivity index (χ3v) is 5.75. The van der Waals surface area contributed by atoms with E-state index in [1.165, 1.54) is 24.3 Å². The fraction of sp³-hybridized carbons (Fsp3) is 0.231. The summed E-state index contributed by atoms with van der Waals surface area (Å²) in [6.07, 6.45) is 4.30. The first-order valence-corrected chi connectivity index (χ1v) is 10.6. The van der Waals surface area contributed by atoms with Crippen LogP contribution in [-0.4, -0.2) is 42.5 Å². The van der Waals surface area contributed by atoms with E-state index in [1.54, 1.807) is 0 Å². The van der Waals surface area contributed by atoms with Crippen molar-refractivity contribution in [2.24, 2.45) is 0 Å². The Balaban J connectivity index is 1.42. The zero-order chi connectivity index (χ0) is 21.6. The van der Waals surface area contributed by atoms with Gasteiger partial charge in [0.1, 0.15) is 11.6 Å². The van der Waals surface area contributed by atoms with Crippen LogP contribution in [0.3, 0.4) is 0 Å². The molecule has 0 aliphatic carbocycles. The van der Waals surface area contributed by atoms with E-state index in [2.05, 4.69) is 22.0 Å². The smallest absolute Gasteiger partial charge is 0.123 e. The van der Waals surface area contributed by atoms with Gasteiger partial charge >= 0.3 is 0 Å². The molecule has 31 heavy (non-hydrogen) atoms. The van der Waals surface area contributed by atoms with Crippen LogP contribution in [0.5, 0.6) is 0 Å². The summed E-state index contributed by atoms with van der Waals surface area (Å²) in [6.45, 7) is 4.52. The Bertz CT molecular complexity index is 945. The molecule has 4 rings (SSSR count). The predicted octanol–water partition coefficient (Wildman–Crippen LogP) is 4.97. The SMILES string of the molecule is Nc1ccc(/C=C/CN2CCN(C(c3ccc(F)cc3)c3ccc(F)cc3)CC2)cc1. The van der Waals surface area contributed by atoms with Crippen LogP contribution in [0.2, 0.25) is 0 Å². The Morgan fingerprint density at radius 2 is 1.26 bits per heavy atom. The molecule has 1 aliphatic rings. The maximum atomic E-state index is 13.5. The normalized spacial score (nSPS) is 15.7. The van der Waals surface area contributed by atoms with Crippen LogP contribution in [0.4, 0.5) is 14.5 Å². The molecule has 3 nitrogen and oxygen atoms in total. The third kappa shape index (κ3) is 5.57. The maximum Gasteiger partial charge on any atom is 0.123 e. The molecule has 3 aromatic rings. The van der Waals surface area contributed by atoms with E-state index in [1.807, 2.05) is 48.5 Å². The second-order valence-electron chi connectivity index (χ2n) is 7.91. The summed E-state index contributed by atoms with van der Waals surface area (Å²) in [5, 5.41) is 0. The van der Waals surface area contributed by atoms with Crippen LogP contribution in [0.1, 0.15) is 22.7 Å². The highest BCUT2D eigenvalue weighted by molar-refractivity contribution is 5.53. The third-order valence-electron chi connectivity index (χ3n) is 5.75. The van der Waals surface area contributed by atoms with Gasteiger partial charge in [0.2, 0.25) is 0 Å². The molecule has 1 aliphatic heterocycles. The Hall–Kier alpha value is -3.02. The first kappa shape index (κ1) is 21.2. The first-order valence-electron chi connectivity index (χ1n) is 10.6. The van der Waals surface area contributed by atoms with Gasteiger partial charge in [-0.25, -0.2) is 8.78 Å². The summed E-state index contributed by atoms with van der Waals surface area (Å²) >= 11 is 0. The Morgan fingerprint density at radius 1 is 0.742 bits per heavy atom. The molecule has 1 saturated heterocycles. The fourth-order valence-electron chi connectivity index (χ4n) is 4.05. The van der Waals surface area contributed by atoms with Crippen LogP contribution < -0.4 is 5.73 Å². The summed E-state index contributed by atoms with van der Waals surface area (Å²) < 4.78 is 27.0. The highest BCUT2D eigenvalue weighted by atomic mass is 19.1. The number of nitrogens with two attached hydrogens (primary N) is 1. The van der Waals surface area contributed by atoms with Gasteiger partial charge in [-0.15, -0.1) is 0 Å². The zero-order valence-electron chi connectivity index (χ0n) is 17.4. The van der Waals surface area contributed by atoms with Crippen molar-refractivity contribution < 1.29 is 8.78 Å².